The van der Waals surface area contributed by atoms with Crippen molar-refractivity contribution >= 4 is 17.4 Å². The number of aryl methyl sites for hydroxylation is 1. The molecule has 1 amide bonds. The summed E-state index contributed by atoms with van der Waals surface area (Å²) in [4.78, 5) is 15.5. The predicted octanol–water partition coefficient (Wildman–Crippen LogP) is 3.54. The van der Waals surface area contributed by atoms with Crippen LogP contribution in [0.1, 0.15) is 29.9 Å². The van der Waals surface area contributed by atoms with Crippen molar-refractivity contribution < 1.29 is 9.53 Å². The summed E-state index contributed by atoms with van der Waals surface area (Å²) in [5.74, 6) is 1.74. The van der Waals surface area contributed by atoms with E-state index < -0.39 is 0 Å². The van der Waals surface area contributed by atoms with Crippen LogP contribution in [0.15, 0.2) is 42.5 Å². The van der Waals surface area contributed by atoms with Gasteiger partial charge in [0.05, 0.1) is 23.6 Å². The molecule has 5 nitrogen and oxygen atoms in total. The Labute approximate surface area is 147 Å². The first kappa shape index (κ1) is 17.0. The number of hydrogen-bond donors (Lipinski definition) is 1. The Hall–Kier alpha value is -2.82. The second-order valence-corrected chi connectivity index (χ2v) is 6.16. The largest absolute Gasteiger partial charge is 0.491 e. The lowest BCUT2D eigenvalue weighted by Crippen LogP contribution is -2.22. The van der Waals surface area contributed by atoms with Gasteiger partial charge in [0.1, 0.15) is 18.2 Å². The molecule has 5 heteroatoms. The number of nitrogens with zero attached hydrogens (tertiary/aromatic N) is 2. The van der Waals surface area contributed by atoms with E-state index in [0.717, 1.165) is 28.2 Å². The third-order valence-electron chi connectivity index (χ3n) is 4.52. The molecule has 0 fully saturated rings. The van der Waals surface area contributed by atoms with Crippen LogP contribution in [0.5, 0.6) is 5.75 Å². The Morgan fingerprint density at radius 1 is 1.20 bits per heavy atom. The topological polar surface area (TPSA) is 56.1 Å². The molecule has 0 radical (unpaired) electrons. The van der Waals surface area contributed by atoms with Crippen LogP contribution in [0.2, 0.25) is 0 Å². The number of ether oxygens (including phenoxy) is 1. The fraction of sp³-hybridized carbons (Fsp3) is 0.300. The highest BCUT2D eigenvalue weighted by molar-refractivity contribution is 5.76. The van der Waals surface area contributed by atoms with Gasteiger partial charge in [-0.05, 0) is 50.1 Å². The first-order valence-electron chi connectivity index (χ1n) is 8.45. The molecule has 1 unspecified atom stereocenters. The van der Waals surface area contributed by atoms with E-state index in [4.69, 9.17) is 4.74 Å². The Kier molecular flexibility index (Phi) is 5.03. The predicted molar refractivity (Wildman–Crippen MR) is 98.8 cm³/mol. The number of nitrogens with one attached hydrogen (secondary N) is 1. The molecule has 25 heavy (non-hydrogen) atoms. The van der Waals surface area contributed by atoms with Crippen LogP contribution in [-0.2, 0) is 11.3 Å². The smallest absolute Gasteiger partial charge is 0.207 e. The van der Waals surface area contributed by atoms with E-state index in [1.807, 2.05) is 43.3 Å². The Morgan fingerprint density at radius 3 is 2.80 bits per heavy atom. The van der Waals surface area contributed by atoms with Gasteiger partial charge in [0.2, 0.25) is 6.41 Å². The van der Waals surface area contributed by atoms with Crippen molar-refractivity contribution in [2.75, 3.05) is 6.61 Å². The van der Waals surface area contributed by atoms with Crippen LogP contribution in [0.25, 0.3) is 11.0 Å². The second kappa shape index (κ2) is 7.38. The fourth-order valence-corrected chi connectivity index (χ4v) is 2.96. The SMILES string of the molecule is Cc1cccc(OCCn2c(C(C)NC=O)nc3ccccc32)c1C. The van der Waals surface area contributed by atoms with Gasteiger partial charge in [-0.15, -0.1) is 0 Å². The molecule has 0 bridgehead atoms. The summed E-state index contributed by atoms with van der Waals surface area (Å²) in [5, 5.41) is 2.78. The zero-order chi connectivity index (χ0) is 17.8. The monoisotopic (exact) mass is 337 g/mol. The summed E-state index contributed by atoms with van der Waals surface area (Å²) < 4.78 is 8.11. The number of carbonyl (C=O) groups excluding carboxylic acids is 1. The van der Waals surface area contributed by atoms with E-state index in [1.165, 1.54) is 5.56 Å². The molecule has 1 N–H and O–H groups in total. The third kappa shape index (κ3) is 3.50. The number of rotatable bonds is 7. The molecule has 1 heterocycles. The van der Waals surface area contributed by atoms with Gasteiger partial charge < -0.3 is 14.6 Å². The molecule has 3 rings (SSSR count). The van der Waals surface area contributed by atoms with E-state index in [0.29, 0.717) is 19.6 Å². The molecular formula is C20H23N3O2. The lowest BCUT2D eigenvalue weighted by molar-refractivity contribution is -0.110. The molecule has 3 aromatic rings. The summed E-state index contributed by atoms with van der Waals surface area (Å²) in [7, 11) is 0. The van der Waals surface area contributed by atoms with Crippen LogP contribution in [0, 0.1) is 13.8 Å². The maximum atomic E-state index is 10.8. The summed E-state index contributed by atoms with van der Waals surface area (Å²) in [6.07, 6.45) is 0.709. The maximum absolute atomic E-state index is 10.8. The number of para-hydroxylation sites is 2. The zero-order valence-corrected chi connectivity index (χ0v) is 14.8. The van der Waals surface area contributed by atoms with Gasteiger partial charge in [0.25, 0.3) is 0 Å². The van der Waals surface area contributed by atoms with Crippen molar-refractivity contribution in [3.63, 3.8) is 0 Å². The van der Waals surface area contributed by atoms with Gasteiger partial charge in [-0.2, -0.15) is 0 Å². The molecule has 0 aliphatic rings. The number of amides is 1. The molecule has 0 spiro atoms. The molecule has 1 atom stereocenters. The number of benzene rings is 2. The van der Waals surface area contributed by atoms with Crippen LogP contribution >= 0.6 is 0 Å². The maximum Gasteiger partial charge on any atom is 0.207 e. The van der Waals surface area contributed by atoms with Crippen molar-refractivity contribution in [3.8, 4) is 5.75 Å². The van der Waals surface area contributed by atoms with Crippen LogP contribution in [0.3, 0.4) is 0 Å². The molecule has 2 aromatic carbocycles. The number of carbonyl (C=O) groups is 1. The van der Waals surface area contributed by atoms with E-state index in [1.54, 1.807) is 0 Å². The van der Waals surface area contributed by atoms with Crippen molar-refractivity contribution in [3.05, 3.63) is 59.4 Å². The quantitative estimate of drug-likeness (QED) is 0.671. The third-order valence-corrected chi connectivity index (χ3v) is 4.52. The number of imidazole rings is 1. The Bertz CT molecular complexity index is 886. The molecule has 0 aliphatic heterocycles. The molecular weight excluding hydrogens is 314 g/mol. The minimum absolute atomic E-state index is 0.161. The highest BCUT2D eigenvalue weighted by atomic mass is 16.5. The van der Waals surface area contributed by atoms with Crippen molar-refractivity contribution in [2.24, 2.45) is 0 Å². The Morgan fingerprint density at radius 2 is 2.00 bits per heavy atom. The molecule has 0 saturated carbocycles. The summed E-state index contributed by atoms with van der Waals surface area (Å²) in [5.41, 5.74) is 4.34. The van der Waals surface area contributed by atoms with Crippen LogP contribution in [-0.4, -0.2) is 22.6 Å². The first-order valence-corrected chi connectivity index (χ1v) is 8.45. The van der Waals surface area contributed by atoms with Gasteiger partial charge >= 0.3 is 0 Å². The number of aromatic nitrogens is 2. The molecule has 130 valence electrons. The van der Waals surface area contributed by atoms with E-state index in [2.05, 4.69) is 34.8 Å². The average Bonchev–Trinajstić information content (AvgIpc) is 2.98. The van der Waals surface area contributed by atoms with Gasteiger partial charge in [-0.1, -0.05) is 24.3 Å². The van der Waals surface area contributed by atoms with Gasteiger partial charge in [-0.3, -0.25) is 4.79 Å². The zero-order valence-electron chi connectivity index (χ0n) is 14.8. The Balaban J connectivity index is 1.83. The normalized spacial score (nSPS) is 12.1. The minimum Gasteiger partial charge on any atom is -0.491 e. The lowest BCUT2D eigenvalue weighted by Gasteiger charge is -2.15. The van der Waals surface area contributed by atoms with Crippen molar-refractivity contribution in [2.45, 2.75) is 33.4 Å². The minimum atomic E-state index is -0.161. The van der Waals surface area contributed by atoms with Crippen molar-refractivity contribution in [1.29, 1.82) is 0 Å². The van der Waals surface area contributed by atoms with E-state index in [-0.39, 0.29) is 6.04 Å². The van der Waals surface area contributed by atoms with Gasteiger partial charge in [-0.25, -0.2) is 4.98 Å². The first-order chi connectivity index (χ1) is 12.1. The second-order valence-electron chi connectivity index (χ2n) is 6.16. The lowest BCUT2D eigenvalue weighted by atomic mass is 10.1. The summed E-state index contributed by atoms with van der Waals surface area (Å²) in [6, 6.07) is 13.9. The van der Waals surface area contributed by atoms with Crippen molar-refractivity contribution in [1.82, 2.24) is 14.9 Å². The molecule has 1 aromatic heterocycles. The molecule has 0 saturated heterocycles. The highest BCUT2D eigenvalue weighted by Gasteiger charge is 2.16. The summed E-state index contributed by atoms with van der Waals surface area (Å²) >= 11 is 0. The highest BCUT2D eigenvalue weighted by Crippen LogP contribution is 2.23. The summed E-state index contributed by atoms with van der Waals surface area (Å²) in [6.45, 7) is 7.27. The van der Waals surface area contributed by atoms with Crippen LogP contribution in [0.4, 0.5) is 0 Å². The van der Waals surface area contributed by atoms with Gasteiger partial charge in [0.15, 0.2) is 0 Å². The fourth-order valence-electron chi connectivity index (χ4n) is 2.96. The average molecular weight is 337 g/mol. The molecule has 0 aliphatic carbocycles. The number of hydrogen-bond acceptors (Lipinski definition) is 3. The van der Waals surface area contributed by atoms with Gasteiger partial charge in [0, 0.05) is 0 Å². The van der Waals surface area contributed by atoms with E-state index >= 15 is 0 Å². The van der Waals surface area contributed by atoms with Crippen LogP contribution < -0.4 is 10.1 Å². The number of fused-ring (bicyclic) bond motifs is 1. The standard InChI is InChI=1S/C20H23N3O2/c1-14-7-6-10-19(15(14)2)25-12-11-23-18-9-5-4-8-17(18)22-20(23)16(3)21-13-24/h4-10,13,16H,11-12H2,1-3H3,(H,21,24). The van der Waals surface area contributed by atoms with E-state index in [9.17, 15) is 4.79 Å².